The smallest absolute Gasteiger partial charge is 0.221 e. The Morgan fingerprint density at radius 2 is 1.90 bits per heavy atom. The zero-order valence-electron chi connectivity index (χ0n) is 11.2. The molecule has 0 aliphatic heterocycles. The summed E-state index contributed by atoms with van der Waals surface area (Å²) in [6, 6.07) is 7.50. The number of benzene rings is 1. The van der Waals surface area contributed by atoms with Gasteiger partial charge < -0.3 is 5.32 Å². The van der Waals surface area contributed by atoms with Gasteiger partial charge in [0.2, 0.25) is 5.91 Å². The summed E-state index contributed by atoms with van der Waals surface area (Å²) < 4.78 is 1.89. The third kappa shape index (κ3) is 2.11. The van der Waals surface area contributed by atoms with E-state index in [1.54, 1.807) is 6.33 Å². The van der Waals surface area contributed by atoms with E-state index in [0.717, 1.165) is 28.2 Å². The predicted molar refractivity (Wildman–Crippen MR) is 75.7 cm³/mol. The third-order valence-electron chi connectivity index (χ3n) is 2.98. The Bertz CT molecular complexity index is 776. The Morgan fingerprint density at radius 1 is 1.15 bits per heavy atom. The monoisotopic (exact) mass is 267 g/mol. The largest absolute Gasteiger partial charge is 0.326 e. The van der Waals surface area contributed by atoms with Crippen LogP contribution in [0.5, 0.6) is 0 Å². The average Bonchev–Trinajstić information content (AvgIpc) is 2.84. The van der Waals surface area contributed by atoms with Crippen molar-refractivity contribution in [3.05, 3.63) is 42.6 Å². The molecule has 6 heteroatoms. The van der Waals surface area contributed by atoms with Crippen molar-refractivity contribution in [2.24, 2.45) is 0 Å². The van der Waals surface area contributed by atoms with E-state index < -0.39 is 0 Å². The van der Waals surface area contributed by atoms with E-state index in [0.29, 0.717) is 0 Å². The molecule has 1 N–H and O–H groups in total. The summed E-state index contributed by atoms with van der Waals surface area (Å²) in [4.78, 5) is 23.7. The Hall–Kier alpha value is -2.76. The summed E-state index contributed by atoms with van der Waals surface area (Å²) in [6.07, 6.45) is 3.25. The molecule has 1 amide bonds. The normalized spacial score (nSPS) is 10.7. The van der Waals surface area contributed by atoms with Crippen LogP contribution in [-0.4, -0.2) is 25.4 Å². The number of anilines is 1. The standard InChI is InChI=1S/C14H13N5O/c1-9-13-14(16-7-15-9)19(8-17-13)12-5-3-11(4-6-12)18-10(2)20/h3-8H,1-2H3,(H,18,20). The molecule has 2 heterocycles. The molecular formula is C14H13N5O. The van der Waals surface area contributed by atoms with E-state index in [-0.39, 0.29) is 5.91 Å². The second kappa shape index (κ2) is 4.73. The van der Waals surface area contributed by atoms with Crippen molar-refractivity contribution in [3.63, 3.8) is 0 Å². The predicted octanol–water partition coefficient (Wildman–Crippen LogP) is 2.08. The molecule has 1 aromatic carbocycles. The molecule has 6 nitrogen and oxygen atoms in total. The van der Waals surface area contributed by atoms with E-state index in [2.05, 4.69) is 20.3 Å². The summed E-state index contributed by atoms with van der Waals surface area (Å²) in [6.45, 7) is 3.39. The van der Waals surface area contributed by atoms with Crippen LogP contribution >= 0.6 is 0 Å². The molecule has 0 spiro atoms. The van der Waals surface area contributed by atoms with E-state index in [4.69, 9.17) is 0 Å². The second-order valence-electron chi connectivity index (χ2n) is 4.47. The van der Waals surface area contributed by atoms with Gasteiger partial charge in [0.25, 0.3) is 0 Å². The van der Waals surface area contributed by atoms with Crippen LogP contribution in [0.4, 0.5) is 5.69 Å². The van der Waals surface area contributed by atoms with Crippen LogP contribution in [0.1, 0.15) is 12.6 Å². The first-order valence-electron chi connectivity index (χ1n) is 6.18. The lowest BCUT2D eigenvalue weighted by Crippen LogP contribution is -2.05. The molecule has 3 aromatic rings. The molecular weight excluding hydrogens is 254 g/mol. The molecule has 100 valence electrons. The maximum absolute atomic E-state index is 11.0. The number of aromatic nitrogens is 4. The van der Waals surface area contributed by atoms with Crippen LogP contribution < -0.4 is 5.32 Å². The van der Waals surface area contributed by atoms with Crippen LogP contribution in [0.2, 0.25) is 0 Å². The van der Waals surface area contributed by atoms with Gasteiger partial charge in [-0.3, -0.25) is 9.36 Å². The molecule has 2 aromatic heterocycles. The van der Waals surface area contributed by atoms with Crippen LogP contribution in [-0.2, 0) is 4.79 Å². The molecule has 0 saturated carbocycles. The van der Waals surface area contributed by atoms with Crippen molar-refractivity contribution < 1.29 is 4.79 Å². The minimum Gasteiger partial charge on any atom is -0.326 e. The molecule has 0 aliphatic rings. The number of hydrogen-bond acceptors (Lipinski definition) is 4. The van der Waals surface area contributed by atoms with E-state index in [9.17, 15) is 4.79 Å². The fourth-order valence-corrected chi connectivity index (χ4v) is 2.05. The maximum Gasteiger partial charge on any atom is 0.221 e. The Morgan fingerprint density at radius 3 is 2.60 bits per heavy atom. The highest BCUT2D eigenvalue weighted by molar-refractivity contribution is 5.88. The number of carbonyl (C=O) groups excluding carboxylic acids is 1. The van der Waals surface area contributed by atoms with Gasteiger partial charge in [-0.1, -0.05) is 0 Å². The molecule has 0 radical (unpaired) electrons. The molecule has 20 heavy (non-hydrogen) atoms. The number of imidazole rings is 1. The second-order valence-corrected chi connectivity index (χ2v) is 4.47. The van der Waals surface area contributed by atoms with Crippen molar-refractivity contribution in [1.29, 1.82) is 0 Å². The highest BCUT2D eigenvalue weighted by Gasteiger charge is 2.08. The number of fused-ring (bicyclic) bond motifs is 1. The molecule has 0 unspecified atom stereocenters. The molecule has 0 atom stereocenters. The van der Waals surface area contributed by atoms with Crippen molar-refractivity contribution in [2.45, 2.75) is 13.8 Å². The van der Waals surface area contributed by atoms with Gasteiger partial charge in [-0.2, -0.15) is 0 Å². The number of aryl methyl sites for hydroxylation is 1. The Labute approximate surface area is 115 Å². The van der Waals surface area contributed by atoms with Gasteiger partial charge in [-0.25, -0.2) is 15.0 Å². The lowest BCUT2D eigenvalue weighted by atomic mass is 10.2. The van der Waals surface area contributed by atoms with Gasteiger partial charge in [-0.15, -0.1) is 0 Å². The van der Waals surface area contributed by atoms with Crippen molar-refractivity contribution in [2.75, 3.05) is 5.32 Å². The highest BCUT2D eigenvalue weighted by atomic mass is 16.1. The first kappa shape index (κ1) is 12.3. The fraction of sp³-hybridized carbons (Fsp3) is 0.143. The number of nitrogens with zero attached hydrogens (tertiary/aromatic N) is 4. The molecule has 3 rings (SSSR count). The van der Waals surface area contributed by atoms with Crippen molar-refractivity contribution in [3.8, 4) is 5.69 Å². The number of hydrogen-bond donors (Lipinski definition) is 1. The summed E-state index contributed by atoms with van der Waals surface area (Å²) in [7, 11) is 0. The summed E-state index contributed by atoms with van der Waals surface area (Å²) in [5.41, 5.74) is 4.10. The fourth-order valence-electron chi connectivity index (χ4n) is 2.05. The van der Waals surface area contributed by atoms with Gasteiger partial charge in [0.1, 0.15) is 18.2 Å². The van der Waals surface area contributed by atoms with Gasteiger partial charge in [-0.05, 0) is 31.2 Å². The van der Waals surface area contributed by atoms with E-state index >= 15 is 0 Å². The maximum atomic E-state index is 11.0. The topological polar surface area (TPSA) is 72.7 Å². The van der Waals surface area contributed by atoms with Gasteiger partial charge >= 0.3 is 0 Å². The van der Waals surface area contributed by atoms with Crippen LogP contribution in [0, 0.1) is 6.92 Å². The van der Waals surface area contributed by atoms with Crippen molar-refractivity contribution in [1.82, 2.24) is 19.5 Å². The minimum absolute atomic E-state index is 0.0887. The van der Waals surface area contributed by atoms with Crippen LogP contribution in [0.15, 0.2) is 36.9 Å². The molecule has 0 aliphatic carbocycles. The van der Waals surface area contributed by atoms with Crippen LogP contribution in [0.25, 0.3) is 16.9 Å². The summed E-state index contributed by atoms with van der Waals surface area (Å²) >= 11 is 0. The third-order valence-corrected chi connectivity index (χ3v) is 2.98. The number of carbonyl (C=O) groups is 1. The summed E-state index contributed by atoms with van der Waals surface area (Å²) in [5, 5.41) is 2.73. The molecule has 0 fully saturated rings. The summed E-state index contributed by atoms with van der Waals surface area (Å²) in [5.74, 6) is -0.0887. The Kier molecular flexibility index (Phi) is 2.90. The average molecular weight is 267 g/mol. The zero-order valence-corrected chi connectivity index (χ0v) is 11.2. The van der Waals surface area contributed by atoms with Crippen LogP contribution in [0.3, 0.4) is 0 Å². The number of rotatable bonds is 2. The minimum atomic E-state index is -0.0887. The first-order valence-corrected chi connectivity index (χ1v) is 6.18. The Balaban J connectivity index is 2.03. The van der Waals surface area contributed by atoms with Gasteiger partial charge in [0.15, 0.2) is 5.65 Å². The highest BCUT2D eigenvalue weighted by Crippen LogP contribution is 2.19. The quantitative estimate of drug-likeness (QED) is 0.771. The molecule has 0 bridgehead atoms. The van der Waals surface area contributed by atoms with E-state index in [1.807, 2.05) is 35.8 Å². The molecule has 0 saturated heterocycles. The lowest BCUT2D eigenvalue weighted by Gasteiger charge is -2.06. The van der Waals surface area contributed by atoms with Gasteiger partial charge in [0, 0.05) is 18.3 Å². The first-order chi connectivity index (χ1) is 9.65. The van der Waals surface area contributed by atoms with Crippen molar-refractivity contribution >= 4 is 22.8 Å². The number of amides is 1. The SMILES string of the molecule is CC(=O)Nc1ccc(-n2cnc3c(C)ncnc32)cc1. The van der Waals surface area contributed by atoms with E-state index in [1.165, 1.54) is 13.3 Å². The number of nitrogens with one attached hydrogen (secondary N) is 1. The zero-order chi connectivity index (χ0) is 14.1. The lowest BCUT2D eigenvalue weighted by molar-refractivity contribution is -0.114. The van der Waals surface area contributed by atoms with Gasteiger partial charge in [0.05, 0.1) is 5.69 Å².